The van der Waals surface area contributed by atoms with Crippen LogP contribution in [0.3, 0.4) is 0 Å². The molecule has 1 amide bonds. The molecule has 7 heteroatoms. The second-order valence-electron chi connectivity index (χ2n) is 4.34. The summed E-state index contributed by atoms with van der Waals surface area (Å²) in [6.45, 7) is 1.53. The minimum absolute atomic E-state index is 0.102. The molecule has 1 atom stereocenters. The lowest BCUT2D eigenvalue weighted by Gasteiger charge is -2.17. The summed E-state index contributed by atoms with van der Waals surface area (Å²) in [6, 6.07) is 3.14. The van der Waals surface area contributed by atoms with Crippen molar-refractivity contribution >= 4 is 28.5 Å². The summed E-state index contributed by atoms with van der Waals surface area (Å²) in [6.07, 6.45) is 0.102. The van der Waals surface area contributed by atoms with E-state index in [0.717, 1.165) is 28.8 Å². The van der Waals surface area contributed by atoms with E-state index in [9.17, 15) is 18.4 Å². The van der Waals surface area contributed by atoms with Crippen LogP contribution in [0.5, 0.6) is 0 Å². The van der Waals surface area contributed by atoms with Crippen LogP contribution >= 0.6 is 11.8 Å². The van der Waals surface area contributed by atoms with Crippen LogP contribution in [0.4, 0.5) is 14.5 Å². The number of hydrogen-bond acceptors (Lipinski definition) is 4. The SMILES string of the molecule is CC(=O)SC1CC(=O)N(c2cc(F)c(C#N)cc2F)C1. The van der Waals surface area contributed by atoms with Crippen LogP contribution < -0.4 is 4.90 Å². The molecule has 1 unspecified atom stereocenters. The molecule has 0 radical (unpaired) electrons. The minimum Gasteiger partial charge on any atom is -0.308 e. The van der Waals surface area contributed by atoms with E-state index in [4.69, 9.17) is 5.26 Å². The third-order valence-electron chi connectivity index (χ3n) is 2.87. The zero-order valence-corrected chi connectivity index (χ0v) is 11.3. The van der Waals surface area contributed by atoms with Crippen molar-refractivity contribution in [2.24, 2.45) is 0 Å². The molecule has 4 nitrogen and oxygen atoms in total. The number of nitriles is 1. The Morgan fingerprint density at radius 2 is 2.15 bits per heavy atom. The molecule has 1 saturated heterocycles. The number of carbonyl (C=O) groups excluding carboxylic acids is 2. The van der Waals surface area contributed by atoms with Gasteiger partial charge in [-0.25, -0.2) is 8.78 Å². The Morgan fingerprint density at radius 1 is 1.45 bits per heavy atom. The summed E-state index contributed by atoms with van der Waals surface area (Å²) in [5.41, 5.74) is -0.606. The van der Waals surface area contributed by atoms with Crippen molar-refractivity contribution in [3.05, 3.63) is 29.3 Å². The lowest BCUT2D eigenvalue weighted by atomic mass is 10.2. The molecule has 0 saturated carbocycles. The Kier molecular flexibility index (Phi) is 4.04. The van der Waals surface area contributed by atoms with Gasteiger partial charge in [-0.3, -0.25) is 9.59 Å². The highest BCUT2D eigenvalue weighted by Crippen LogP contribution is 2.31. The van der Waals surface area contributed by atoms with Crippen molar-refractivity contribution < 1.29 is 18.4 Å². The topological polar surface area (TPSA) is 61.2 Å². The maximum atomic E-state index is 13.8. The van der Waals surface area contributed by atoms with E-state index in [2.05, 4.69) is 0 Å². The van der Waals surface area contributed by atoms with Gasteiger partial charge in [-0.1, -0.05) is 11.8 Å². The molecule has 2 rings (SSSR count). The normalized spacial score (nSPS) is 18.2. The van der Waals surface area contributed by atoms with E-state index in [1.807, 2.05) is 0 Å². The first-order chi connectivity index (χ1) is 9.42. The summed E-state index contributed by atoms with van der Waals surface area (Å²) in [5.74, 6) is -2.07. The zero-order chi connectivity index (χ0) is 14.9. The summed E-state index contributed by atoms with van der Waals surface area (Å²) >= 11 is 1.01. The molecule has 1 aliphatic heterocycles. The van der Waals surface area contributed by atoms with Gasteiger partial charge in [-0.15, -0.1) is 0 Å². The first-order valence-electron chi connectivity index (χ1n) is 5.79. The maximum Gasteiger partial charge on any atom is 0.228 e. The molecule has 0 aromatic heterocycles. The van der Waals surface area contributed by atoms with Crippen molar-refractivity contribution in [3.63, 3.8) is 0 Å². The molecular weight excluding hydrogens is 286 g/mol. The molecule has 0 N–H and O–H groups in total. The summed E-state index contributed by atoms with van der Waals surface area (Å²) in [5, 5.41) is 8.22. The standard InChI is InChI=1S/C13H10F2N2O2S/c1-7(18)20-9-3-13(19)17(6-9)12-4-10(14)8(5-16)2-11(12)15/h2,4,9H,3,6H2,1H3. The molecule has 0 aliphatic carbocycles. The van der Waals surface area contributed by atoms with Gasteiger partial charge in [0.2, 0.25) is 5.91 Å². The molecule has 1 fully saturated rings. The molecular formula is C13H10F2N2O2S. The van der Waals surface area contributed by atoms with Gasteiger partial charge in [0.25, 0.3) is 0 Å². The number of anilines is 1. The second-order valence-corrected chi connectivity index (χ2v) is 5.81. The Balaban J connectivity index is 2.29. The van der Waals surface area contributed by atoms with Crippen molar-refractivity contribution in [1.82, 2.24) is 0 Å². The molecule has 104 valence electrons. The van der Waals surface area contributed by atoms with Crippen LogP contribution in [-0.4, -0.2) is 22.8 Å². The van der Waals surface area contributed by atoms with Crippen molar-refractivity contribution in [3.8, 4) is 6.07 Å². The van der Waals surface area contributed by atoms with Gasteiger partial charge in [0.1, 0.15) is 17.7 Å². The lowest BCUT2D eigenvalue weighted by Crippen LogP contribution is -2.26. The molecule has 1 aromatic carbocycles. The fourth-order valence-electron chi connectivity index (χ4n) is 2.05. The van der Waals surface area contributed by atoms with E-state index in [1.54, 1.807) is 0 Å². The van der Waals surface area contributed by atoms with Gasteiger partial charge in [0, 0.05) is 31.2 Å². The fraction of sp³-hybridized carbons (Fsp3) is 0.308. The third kappa shape index (κ3) is 2.80. The highest BCUT2D eigenvalue weighted by Gasteiger charge is 2.33. The fourth-order valence-corrected chi connectivity index (χ4v) is 2.97. The van der Waals surface area contributed by atoms with Crippen LogP contribution in [0.25, 0.3) is 0 Å². The van der Waals surface area contributed by atoms with Crippen LogP contribution in [0.15, 0.2) is 12.1 Å². The zero-order valence-electron chi connectivity index (χ0n) is 10.5. The van der Waals surface area contributed by atoms with Crippen LogP contribution in [0.2, 0.25) is 0 Å². The summed E-state index contributed by atoms with van der Waals surface area (Å²) < 4.78 is 27.4. The van der Waals surface area contributed by atoms with Crippen molar-refractivity contribution in [2.45, 2.75) is 18.6 Å². The van der Waals surface area contributed by atoms with E-state index in [-0.39, 0.29) is 34.9 Å². The molecule has 0 spiro atoms. The molecule has 20 heavy (non-hydrogen) atoms. The predicted octanol–water partition coefficient (Wildman–Crippen LogP) is 2.22. The van der Waals surface area contributed by atoms with Crippen LogP contribution in [-0.2, 0) is 9.59 Å². The molecule has 1 aliphatic rings. The molecule has 1 aromatic rings. The average molecular weight is 296 g/mol. The number of thioether (sulfide) groups is 1. The number of nitrogens with zero attached hydrogens (tertiary/aromatic N) is 2. The number of rotatable bonds is 2. The first kappa shape index (κ1) is 14.5. The Hall–Kier alpha value is -1.94. The maximum absolute atomic E-state index is 13.8. The van der Waals surface area contributed by atoms with Gasteiger partial charge >= 0.3 is 0 Å². The number of halogens is 2. The van der Waals surface area contributed by atoms with Gasteiger partial charge in [-0.2, -0.15) is 5.26 Å². The lowest BCUT2D eigenvalue weighted by molar-refractivity contribution is -0.117. The Morgan fingerprint density at radius 3 is 2.75 bits per heavy atom. The summed E-state index contributed by atoms with van der Waals surface area (Å²) in [4.78, 5) is 24.0. The minimum atomic E-state index is -0.876. The first-order valence-corrected chi connectivity index (χ1v) is 6.67. The number of carbonyl (C=O) groups is 2. The number of hydrogen-bond donors (Lipinski definition) is 0. The smallest absolute Gasteiger partial charge is 0.228 e. The number of amides is 1. The molecule has 1 heterocycles. The average Bonchev–Trinajstić information content (AvgIpc) is 2.71. The summed E-state index contributed by atoms with van der Waals surface area (Å²) in [7, 11) is 0. The van der Waals surface area contributed by atoms with Crippen molar-refractivity contribution in [1.29, 1.82) is 5.26 Å². The third-order valence-corrected chi connectivity index (χ3v) is 3.85. The van der Waals surface area contributed by atoms with Crippen molar-refractivity contribution in [2.75, 3.05) is 11.4 Å². The monoisotopic (exact) mass is 296 g/mol. The quantitative estimate of drug-likeness (QED) is 0.839. The van der Waals surface area contributed by atoms with Gasteiger partial charge in [0.05, 0.1) is 11.3 Å². The Bertz CT molecular complexity index is 628. The van der Waals surface area contributed by atoms with E-state index >= 15 is 0 Å². The van der Waals surface area contributed by atoms with Gasteiger partial charge in [0.15, 0.2) is 5.12 Å². The largest absolute Gasteiger partial charge is 0.308 e. The van der Waals surface area contributed by atoms with Crippen LogP contribution in [0.1, 0.15) is 18.9 Å². The van der Waals surface area contributed by atoms with Gasteiger partial charge in [-0.05, 0) is 6.07 Å². The predicted molar refractivity (Wildman–Crippen MR) is 70.1 cm³/mol. The van der Waals surface area contributed by atoms with Crippen LogP contribution in [0, 0.1) is 23.0 Å². The van der Waals surface area contributed by atoms with E-state index in [0.29, 0.717) is 0 Å². The van der Waals surface area contributed by atoms with E-state index < -0.39 is 17.2 Å². The Labute approximate surface area is 118 Å². The second kappa shape index (κ2) is 5.59. The number of benzene rings is 1. The highest BCUT2D eigenvalue weighted by molar-refractivity contribution is 8.14. The highest BCUT2D eigenvalue weighted by atomic mass is 32.2. The van der Waals surface area contributed by atoms with Gasteiger partial charge < -0.3 is 4.90 Å². The van der Waals surface area contributed by atoms with E-state index in [1.165, 1.54) is 13.0 Å². The molecule has 0 bridgehead atoms.